The Bertz CT molecular complexity index is 703. The van der Waals surface area contributed by atoms with Gasteiger partial charge in [-0.15, -0.1) is 0 Å². The van der Waals surface area contributed by atoms with E-state index in [1.54, 1.807) is 31.2 Å². The molecule has 7 heteroatoms. The van der Waals surface area contributed by atoms with Crippen LogP contribution in [0.3, 0.4) is 0 Å². The first-order valence-electron chi connectivity index (χ1n) is 6.36. The van der Waals surface area contributed by atoms with Gasteiger partial charge >= 0.3 is 0 Å². The van der Waals surface area contributed by atoms with Crippen molar-refractivity contribution in [3.05, 3.63) is 36.1 Å². The molecule has 0 atom stereocenters. The minimum atomic E-state index is -3.63. The van der Waals surface area contributed by atoms with Crippen LogP contribution in [0.4, 0.5) is 11.5 Å². The molecule has 1 aliphatic rings. The zero-order valence-corrected chi connectivity index (χ0v) is 11.8. The second-order valence-electron chi connectivity index (χ2n) is 4.87. The van der Waals surface area contributed by atoms with E-state index in [0.717, 1.165) is 5.69 Å². The molecule has 20 heavy (non-hydrogen) atoms. The third-order valence-corrected chi connectivity index (χ3v) is 4.35. The molecule has 0 unspecified atom stereocenters. The number of nitrogens with one attached hydrogen (secondary N) is 2. The molecule has 1 aromatic heterocycles. The first-order valence-corrected chi connectivity index (χ1v) is 7.84. The van der Waals surface area contributed by atoms with Crippen LogP contribution in [0.1, 0.15) is 18.6 Å². The van der Waals surface area contributed by atoms with Crippen molar-refractivity contribution in [2.24, 2.45) is 0 Å². The maximum absolute atomic E-state index is 12.1. The Morgan fingerprint density at radius 3 is 2.50 bits per heavy atom. The largest absolute Gasteiger partial charge is 0.382 e. The lowest BCUT2D eigenvalue weighted by Crippen LogP contribution is -2.13. The van der Waals surface area contributed by atoms with E-state index >= 15 is 0 Å². The Morgan fingerprint density at radius 2 is 1.95 bits per heavy atom. The molecule has 106 valence electrons. The van der Waals surface area contributed by atoms with E-state index < -0.39 is 10.0 Å². The van der Waals surface area contributed by atoms with E-state index in [4.69, 9.17) is 4.52 Å². The Hall–Kier alpha value is -2.02. The molecular weight excluding hydrogens is 278 g/mol. The van der Waals surface area contributed by atoms with Crippen molar-refractivity contribution in [1.82, 2.24) is 5.16 Å². The molecule has 3 rings (SSSR count). The highest BCUT2D eigenvalue weighted by atomic mass is 32.2. The zero-order valence-electron chi connectivity index (χ0n) is 11.0. The summed E-state index contributed by atoms with van der Waals surface area (Å²) in [5.74, 6) is 0.731. The lowest BCUT2D eigenvalue weighted by molar-refractivity contribution is 0.400. The van der Waals surface area contributed by atoms with Crippen molar-refractivity contribution in [3.8, 4) is 0 Å². The normalized spacial score (nSPS) is 15.1. The molecule has 0 radical (unpaired) electrons. The lowest BCUT2D eigenvalue weighted by atomic mass is 10.3. The molecule has 1 fully saturated rings. The molecule has 0 aliphatic heterocycles. The minimum absolute atomic E-state index is 0.183. The molecule has 0 bridgehead atoms. The van der Waals surface area contributed by atoms with Crippen LogP contribution >= 0.6 is 0 Å². The van der Waals surface area contributed by atoms with Gasteiger partial charge in [-0.05, 0) is 44.0 Å². The fourth-order valence-corrected chi connectivity index (χ4v) is 2.79. The number of sulfonamides is 1. The molecule has 6 nitrogen and oxygen atoms in total. The van der Waals surface area contributed by atoms with Gasteiger partial charge in [-0.1, -0.05) is 5.16 Å². The number of anilines is 2. The summed E-state index contributed by atoms with van der Waals surface area (Å²) in [6, 6.07) is 8.73. The number of nitrogens with zero attached hydrogens (tertiary/aromatic N) is 1. The zero-order chi connectivity index (χ0) is 14.2. The summed E-state index contributed by atoms with van der Waals surface area (Å²) in [5.41, 5.74) is 0.934. The van der Waals surface area contributed by atoms with Crippen molar-refractivity contribution in [2.45, 2.75) is 30.7 Å². The van der Waals surface area contributed by atoms with Crippen LogP contribution in [0, 0.1) is 6.92 Å². The summed E-state index contributed by atoms with van der Waals surface area (Å²) in [6.45, 7) is 1.70. The van der Waals surface area contributed by atoms with E-state index in [1.165, 1.54) is 18.9 Å². The summed E-state index contributed by atoms with van der Waals surface area (Å²) in [4.78, 5) is 0.194. The van der Waals surface area contributed by atoms with Crippen molar-refractivity contribution in [1.29, 1.82) is 0 Å². The summed E-state index contributed by atoms with van der Waals surface area (Å²) >= 11 is 0. The predicted octanol–water partition coefficient (Wildman–Crippen LogP) is 2.36. The molecule has 1 saturated carbocycles. The monoisotopic (exact) mass is 293 g/mol. The van der Waals surface area contributed by atoms with Crippen LogP contribution in [0.5, 0.6) is 0 Å². The van der Waals surface area contributed by atoms with Crippen LogP contribution in [0.2, 0.25) is 0 Å². The van der Waals surface area contributed by atoms with Crippen molar-refractivity contribution >= 4 is 21.5 Å². The molecule has 2 aromatic rings. The van der Waals surface area contributed by atoms with Crippen LogP contribution in [-0.2, 0) is 10.0 Å². The SMILES string of the molecule is Cc1cc(NS(=O)(=O)c2ccc(NC3CC3)cc2)no1. The van der Waals surface area contributed by atoms with E-state index in [-0.39, 0.29) is 10.7 Å². The highest BCUT2D eigenvalue weighted by molar-refractivity contribution is 7.92. The number of hydrogen-bond donors (Lipinski definition) is 2. The average molecular weight is 293 g/mol. The maximum Gasteiger partial charge on any atom is 0.263 e. The van der Waals surface area contributed by atoms with E-state index in [2.05, 4.69) is 15.2 Å². The van der Waals surface area contributed by atoms with Crippen molar-refractivity contribution in [3.63, 3.8) is 0 Å². The van der Waals surface area contributed by atoms with Gasteiger partial charge in [-0.25, -0.2) is 8.42 Å². The summed E-state index contributed by atoms with van der Waals surface area (Å²) in [6.07, 6.45) is 2.35. The Labute approximate surface area is 117 Å². The minimum Gasteiger partial charge on any atom is -0.382 e. The summed E-state index contributed by atoms with van der Waals surface area (Å²) in [5, 5.41) is 6.92. The van der Waals surface area contributed by atoms with Crippen LogP contribution in [0.25, 0.3) is 0 Å². The van der Waals surface area contributed by atoms with Gasteiger partial charge in [0.1, 0.15) is 5.76 Å². The second kappa shape index (κ2) is 4.82. The molecule has 0 saturated heterocycles. The molecule has 1 aromatic carbocycles. The Morgan fingerprint density at radius 1 is 1.25 bits per heavy atom. The summed E-state index contributed by atoms with van der Waals surface area (Å²) in [7, 11) is -3.63. The number of aryl methyl sites for hydroxylation is 1. The topological polar surface area (TPSA) is 84.2 Å². The Balaban J connectivity index is 1.75. The highest BCUT2D eigenvalue weighted by Gasteiger charge is 2.21. The van der Waals surface area contributed by atoms with Crippen LogP contribution in [-0.4, -0.2) is 19.6 Å². The lowest BCUT2D eigenvalue weighted by Gasteiger charge is -2.07. The quantitative estimate of drug-likeness (QED) is 0.884. The second-order valence-corrected chi connectivity index (χ2v) is 6.55. The third kappa shape index (κ3) is 2.93. The van der Waals surface area contributed by atoms with Gasteiger partial charge in [-0.3, -0.25) is 4.72 Å². The molecule has 0 amide bonds. The predicted molar refractivity (Wildman–Crippen MR) is 75.1 cm³/mol. The van der Waals surface area contributed by atoms with Crippen LogP contribution in [0.15, 0.2) is 39.8 Å². The van der Waals surface area contributed by atoms with E-state index in [0.29, 0.717) is 11.8 Å². The first kappa shape index (κ1) is 13.0. The Kier molecular flexibility index (Phi) is 3.13. The van der Waals surface area contributed by atoms with Gasteiger partial charge in [0.2, 0.25) is 0 Å². The summed E-state index contributed by atoms with van der Waals surface area (Å²) < 4.78 is 31.5. The smallest absolute Gasteiger partial charge is 0.263 e. The van der Waals surface area contributed by atoms with E-state index in [9.17, 15) is 8.42 Å². The fourth-order valence-electron chi connectivity index (χ4n) is 1.80. The van der Waals surface area contributed by atoms with Gasteiger partial charge in [0.15, 0.2) is 5.82 Å². The van der Waals surface area contributed by atoms with Gasteiger partial charge in [0, 0.05) is 17.8 Å². The van der Waals surface area contributed by atoms with Gasteiger partial charge in [0.25, 0.3) is 10.0 Å². The van der Waals surface area contributed by atoms with Gasteiger partial charge < -0.3 is 9.84 Å². The number of aromatic nitrogens is 1. The molecule has 2 N–H and O–H groups in total. The maximum atomic E-state index is 12.1. The number of benzene rings is 1. The van der Waals surface area contributed by atoms with Gasteiger partial charge in [0.05, 0.1) is 4.90 Å². The van der Waals surface area contributed by atoms with E-state index in [1.807, 2.05) is 0 Å². The van der Waals surface area contributed by atoms with Crippen molar-refractivity contribution in [2.75, 3.05) is 10.0 Å². The standard InChI is InChI=1S/C13H15N3O3S/c1-9-8-13(15-19-9)16-20(17,18)12-6-4-11(5-7-12)14-10-2-3-10/h4-8,10,14H,2-3H2,1H3,(H,15,16). The molecule has 0 spiro atoms. The van der Waals surface area contributed by atoms with Crippen molar-refractivity contribution < 1.29 is 12.9 Å². The first-order chi connectivity index (χ1) is 9.53. The van der Waals surface area contributed by atoms with Gasteiger partial charge in [-0.2, -0.15) is 0 Å². The highest BCUT2D eigenvalue weighted by Crippen LogP contribution is 2.25. The number of hydrogen-bond acceptors (Lipinski definition) is 5. The molecular formula is C13H15N3O3S. The average Bonchev–Trinajstić information content (AvgIpc) is 3.12. The van der Waals surface area contributed by atoms with Crippen LogP contribution < -0.4 is 10.0 Å². The number of rotatable bonds is 5. The fraction of sp³-hybridized carbons (Fsp3) is 0.308. The third-order valence-electron chi connectivity index (χ3n) is 2.98. The molecule has 1 heterocycles. The molecule has 1 aliphatic carbocycles.